The molecule has 37 heavy (non-hydrogen) atoms. The molecule has 198 valence electrons. The van der Waals surface area contributed by atoms with Gasteiger partial charge in [0.15, 0.2) is 0 Å². The van der Waals surface area contributed by atoms with Crippen molar-refractivity contribution in [1.29, 1.82) is 0 Å². The van der Waals surface area contributed by atoms with E-state index in [9.17, 15) is 14.4 Å². The number of nitrogens with one attached hydrogen (secondary N) is 2. The van der Waals surface area contributed by atoms with Gasteiger partial charge in [-0.1, -0.05) is 54.6 Å². The Balaban J connectivity index is 1.61. The van der Waals surface area contributed by atoms with Crippen LogP contribution in [0.5, 0.6) is 0 Å². The number of carbonyl (C=O) groups is 3. The highest BCUT2D eigenvalue weighted by atomic mass is 16.6. The van der Waals surface area contributed by atoms with Gasteiger partial charge < -0.3 is 19.9 Å². The predicted molar refractivity (Wildman–Crippen MR) is 143 cm³/mol. The monoisotopic (exact) mass is 508 g/mol. The molecule has 0 radical (unpaired) electrons. The van der Waals surface area contributed by atoms with Crippen LogP contribution in [-0.2, 0) is 14.3 Å². The van der Waals surface area contributed by atoms with Crippen molar-refractivity contribution in [3.63, 3.8) is 0 Å². The number of rotatable bonds is 8. The van der Waals surface area contributed by atoms with E-state index >= 15 is 0 Å². The maximum atomic E-state index is 12.8. The van der Waals surface area contributed by atoms with E-state index in [0.717, 1.165) is 16.7 Å². The third-order valence-corrected chi connectivity index (χ3v) is 5.87. The summed E-state index contributed by atoms with van der Waals surface area (Å²) >= 11 is 0. The van der Waals surface area contributed by atoms with E-state index in [1.165, 1.54) is 0 Å². The van der Waals surface area contributed by atoms with Gasteiger partial charge in [0.05, 0.1) is 5.69 Å². The molecule has 0 bridgehead atoms. The van der Waals surface area contributed by atoms with E-state index in [-0.39, 0.29) is 18.6 Å². The number of hydrogen-bond donors (Lipinski definition) is 3. The largest absolute Gasteiger partial charge is 0.481 e. The number of ether oxygens (including phenoxy) is 2. The Hall–Kier alpha value is -3.81. The van der Waals surface area contributed by atoms with Gasteiger partial charge in [-0.3, -0.25) is 10.1 Å². The lowest BCUT2D eigenvalue weighted by Gasteiger charge is -2.30. The van der Waals surface area contributed by atoms with E-state index < -0.39 is 23.8 Å². The molecule has 0 spiro atoms. The van der Waals surface area contributed by atoms with E-state index in [1.807, 2.05) is 75.4 Å². The van der Waals surface area contributed by atoms with Crippen molar-refractivity contribution in [2.45, 2.75) is 77.0 Å². The SMILES string of the molecule is CC(C)(C)OC(=O)N[C@H]1CC[C@H](OC(=O)Nc2cc(C=CCCC(=O)O)ccc2-c2ccccc2)CC1. The summed E-state index contributed by atoms with van der Waals surface area (Å²) < 4.78 is 11.0. The minimum absolute atomic E-state index is 0.00737. The lowest BCUT2D eigenvalue weighted by atomic mass is 9.93. The Labute approximate surface area is 218 Å². The van der Waals surface area contributed by atoms with Gasteiger partial charge in [-0.2, -0.15) is 0 Å². The normalized spacial score (nSPS) is 17.7. The lowest BCUT2D eigenvalue weighted by Crippen LogP contribution is -2.42. The van der Waals surface area contributed by atoms with Crippen molar-refractivity contribution in [1.82, 2.24) is 5.32 Å². The van der Waals surface area contributed by atoms with Crippen LogP contribution >= 0.6 is 0 Å². The first-order chi connectivity index (χ1) is 17.6. The van der Waals surface area contributed by atoms with Gasteiger partial charge in [0.2, 0.25) is 0 Å². The van der Waals surface area contributed by atoms with Gasteiger partial charge in [0.1, 0.15) is 11.7 Å². The summed E-state index contributed by atoms with van der Waals surface area (Å²) in [6.07, 6.45) is 5.61. The second-order valence-electron chi connectivity index (χ2n) is 10.2. The molecular formula is C29H36N2O6. The van der Waals surface area contributed by atoms with Crippen molar-refractivity contribution in [3.05, 3.63) is 60.2 Å². The number of carbonyl (C=O) groups excluding carboxylic acids is 2. The van der Waals surface area contributed by atoms with Crippen molar-refractivity contribution >= 4 is 29.9 Å². The Morgan fingerprint density at radius 1 is 1.00 bits per heavy atom. The summed E-state index contributed by atoms with van der Waals surface area (Å²) in [7, 11) is 0. The number of carboxylic acids is 1. The zero-order chi connectivity index (χ0) is 26.8. The average molecular weight is 509 g/mol. The summed E-state index contributed by atoms with van der Waals surface area (Å²) in [6.45, 7) is 5.47. The molecule has 8 heteroatoms. The smallest absolute Gasteiger partial charge is 0.411 e. The average Bonchev–Trinajstić information content (AvgIpc) is 2.82. The summed E-state index contributed by atoms with van der Waals surface area (Å²) in [5.41, 5.74) is 2.71. The Bertz CT molecular complexity index is 1100. The first kappa shape index (κ1) is 27.8. The van der Waals surface area contributed by atoms with Crippen LogP contribution in [0.4, 0.5) is 15.3 Å². The molecule has 0 saturated heterocycles. The Morgan fingerprint density at radius 3 is 2.35 bits per heavy atom. The van der Waals surface area contributed by atoms with E-state index in [1.54, 1.807) is 6.08 Å². The molecule has 2 amide bonds. The summed E-state index contributed by atoms with van der Waals surface area (Å²) in [4.78, 5) is 35.6. The summed E-state index contributed by atoms with van der Waals surface area (Å²) in [6, 6.07) is 15.4. The highest BCUT2D eigenvalue weighted by Gasteiger charge is 2.27. The van der Waals surface area contributed by atoms with Gasteiger partial charge in [0, 0.05) is 18.0 Å². The van der Waals surface area contributed by atoms with Gasteiger partial charge >= 0.3 is 18.2 Å². The first-order valence-electron chi connectivity index (χ1n) is 12.6. The number of anilines is 1. The van der Waals surface area contributed by atoms with E-state index in [2.05, 4.69) is 10.6 Å². The minimum Gasteiger partial charge on any atom is -0.481 e. The molecule has 1 aliphatic rings. The van der Waals surface area contributed by atoms with Crippen LogP contribution in [-0.4, -0.2) is 41.0 Å². The molecule has 0 heterocycles. The second kappa shape index (κ2) is 12.9. The van der Waals surface area contributed by atoms with E-state index in [4.69, 9.17) is 14.6 Å². The molecule has 0 unspecified atom stereocenters. The van der Waals surface area contributed by atoms with Crippen LogP contribution in [0.3, 0.4) is 0 Å². The molecule has 3 N–H and O–H groups in total. The Morgan fingerprint density at radius 2 is 1.70 bits per heavy atom. The number of aliphatic carboxylic acids is 1. The number of benzene rings is 2. The topological polar surface area (TPSA) is 114 Å². The molecular weight excluding hydrogens is 472 g/mol. The van der Waals surface area contributed by atoms with Crippen LogP contribution < -0.4 is 10.6 Å². The molecule has 1 fully saturated rings. The summed E-state index contributed by atoms with van der Waals surface area (Å²) in [5.74, 6) is -0.844. The fourth-order valence-electron chi connectivity index (χ4n) is 4.15. The molecule has 2 aromatic carbocycles. The van der Waals surface area contributed by atoms with Crippen LogP contribution in [0.2, 0.25) is 0 Å². The van der Waals surface area contributed by atoms with Crippen molar-refractivity contribution in [2.24, 2.45) is 0 Å². The standard InChI is InChI=1S/C29H36N2O6/c1-29(2,3)37-28(35)30-22-14-16-23(17-15-22)36-27(34)31-25-19-20(9-7-8-12-26(32)33)13-18-24(25)21-10-5-4-6-11-21/h4-7,9-11,13,18-19,22-23H,8,12,14-17H2,1-3H3,(H,30,35)(H,31,34)(H,32,33)/t22-,23-. The maximum absolute atomic E-state index is 12.8. The van der Waals surface area contributed by atoms with Crippen molar-refractivity contribution < 1.29 is 29.0 Å². The zero-order valence-corrected chi connectivity index (χ0v) is 21.7. The third-order valence-electron chi connectivity index (χ3n) is 5.87. The first-order valence-corrected chi connectivity index (χ1v) is 12.6. The van der Waals surface area contributed by atoms with Crippen LogP contribution in [0.1, 0.15) is 64.9 Å². The van der Waals surface area contributed by atoms with Crippen molar-refractivity contribution in [3.8, 4) is 11.1 Å². The molecule has 0 atom stereocenters. The molecule has 3 rings (SSSR count). The second-order valence-corrected chi connectivity index (χ2v) is 10.2. The molecule has 0 aromatic heterocycles. The number of hydrogen-bond acceptors (Lipinski definition) is 5. The quantitative estimate of drug-likeness (QED) is 0.369. The number of alkyl carbamates (subject to hydrolysis) is 1. The zero-order valence-electron chi connectivity index (χ0n) is 21.7. The molecule has 0 aliphatic heterocycles. The fourth-order valence-corrected chi connectivity index (χ4v) is 4.15. The minimum atomic E-state index is -0.844. The number of carboxylic acid groups (broad SMARTS) is 1. The van der Waals surface area contributed by atoms with Gasteiger partial charge in [-0.15, -0.1) is 0 Å². The van der Waals surface area contributed by atoms with Crippen LogP contribution in [0, 0.1) is 0 Å². The molecule has 8 nitrogen and oxygen atoms in total. The molecule has 2 aromatic rings. The lowest BCUT2D eigenvalue weighted by molar-refractivity contribution is -0.136. The number of amides is 2. The Kier molecular flexibility index (Phi) is 9.71. The van der Waals surface area contributed by atoms with Crippen molar-refractivity contribution in [2.75, 3.05) is 5.32 Å². The fraction of sp³-hybridized carbons (Fsp3) is 0.414. The number of allylic oxidation sites excluding steroid dienone is 1. The van der Waals surface area contributed by atoms with Crippen LogP contribution in [0.15, 0.2) is 54.6 Å². The van der Waals surface area contributed by atoms with Gasteiger partial charge in [-0.05, 0) is 70.1 Å². The van der Waals surface area contributed by atoms with Gasteiger partial charge in [0.25, 0.3) is 0 Å². The molecule has 1 saturated carbocycles. The van der Waals surface area contributed by atoms with Crippen LogP contribution in [0.25, 0.3) is 17.2 Å². The summed E-state index contributed by atoms with van der Waals surface area (Å²) in [5, 5.41) is 14.6. The van der Waals surface area contributed by atoms with E-state index in [0.29, 0.717) is 37.8 Å². The highest BCUT2D eigenvalue weighted by molar-refractivity contribution is 5.92. The predicted octanol–water partition coefficient (Wildman–Crippen LogP) is 6.62. The van der Waals surface area contributed by atoms with Gasteiger partial charge in [-0.25, -0.2) is 9.59 Å². The molecule has 1 aliphatic carbocycles. The maximum Gasteiger partial charge on any atom is 0.411 e. The highest BCUT2D eigenvalue weighted by Crippen LogP contribution is 2.30. The third kappa shape index (κ3) is 9.63.